The molecule has 12 aromatic rings. The first kappa shape index (κ1) is 37.2. The van der Waals surface area contributed by atoms with E-state index in [2.05, 4.69) is 254 Å². The molecule has 0 aliphatic heterocycles. The van der Waals surface area contributed by atoms with E-state index >= 15 is 0 Å². The third-order valence-electron chi connectivity index (χ3n) is 15.2. The second kappa shape index (κ2) is 13.7. The zero-order valence-electron chi connectivity index (χ0n) is 36.8. The summed E-state index contributed by atoms with van der Waals surface area (Å²) in [5.41, 5.74) is 22.0. The van der Waals surface area contributed by atoms with Crippen LogP contribution < -0.4 is 0 Å². The van der Waals surface area contributed by atoms with Gasteiger partial charge in [0.15, 0.2) is 0 Å². The lowest BCUT2D eigenvalue weighted by molar-refractivity contribution is 0.563. The molecule has 0 saturated carbocycles. The highest BCUT2D eigenvalue weighted by Gasteiger charge is 2.53. The van der Waals surface area contributed by atoms with E-state index in [-0.39, 0.29) is 5.41 Å². The SMILES string of the molecule is CC1(C)c2ccccc2C2(c3ccccc3-c3ccc(-c4ccc5c(c4)c4ccccc4n5-c4cccc(-c5ccccc5)c4)cc32)c2cc(-n3c4ccccc4c4ccccc43)ccc21. The summed E-state index contributed by atoms with van der Waals surface area (Å²) in [7, 11) is 0. The van der Waals surface area contributed by atoms with E-state index in [0.717, 1.165) is 5.69 Å². The Balaban J connectivity index is 1.01. The van der Waals surface area contributed by atoms with Crippen LogP contribution in [0.15, 0.2) is 231 Å². The summed E-state index contributed by atoms with van der Waals surface area (Å²) in [5.74, 6) is 0. The average molecular weight is 841 g/mol. The highest BCUT2D eigenvalue weighted by molar-refractivity contribution is 6.11. The fourth-order valence-electron chi connectivity index (χ4n) is 12.3. The maximum atomic E-state index is 2.54. The highest BCUT2D eigenvalue weighted by Crippen LogP contribution is 2.63. The molecular weight excluding hydrogens is 797 g/mol. The standard InChI is InChI=1S/C64H44N2/c1-63(2)54-26-11-12-27-56(54)64(58-40-46(33-35-55(58)63)66-59-28-13-7-22-49(59)50-23-8-14-29-60(50)66)53-25-10-6-21-47(53)48-34-31-44(39-57(48)64)43-32-36-62-52(38-43)51-24-9-15-30-61(51)65(62)45-20-16-19-42(37-45)41-17-4-3-5-18-41/h3-40H,1-2H3. The average Bonchev–Trinajstić information content (AvgIpc) is 4.00. The Labute approximate surface area is 384 Å². The lowest BCUT2D eigenvalue weighted by Gasteiger charge is -2.47. The number of hydrogen-bond donors (Lipinski definition) is 0. The molecule has 2 aromatic heterocycles. The minimum Gasteiger partial charge on any atom is -0.309 e. The lowest BCUT2D eigenvalue weighted by atomic mass is 9.55. The van der Waals surface area contributed by atoms with E-state index in [1.807, 2.05) is 0 Å². The number of para-hydroxylation sites is 3. The normalized spacial score (nSPS) is 15.6. The zero-order valence-corrected chi connectivity index (χ0v) is 36.8. The van der Waals surface area contributed by atoms with Crippen molar-refractivity contribution in [2.75, 3.05) is 0 Å². The summed E-state index contributed by atoms with van der Waals surface area (Å²) in [6, 6.07) is 86.4. The van der Waals surface area contributed by atoms with Gasteiger partial charge in [0.05, 0.1) is 27.5 Å². The van der Waals surface area contributed by atoms with Gasteiger partial charge in [-0.25, -0.2) is 0 Å². The second-order valence-corrected chi connectivity index (χ2v) is 18.8. The molecular formula is C64H44N2. The van der Waals surface area contributed by atoms with Crippen LogP contribution in [0.2, 0.25) is 0 Å². The molecule has 1 spiro atoms. The predicted molar refractivity (Wildman–Crippen MR) is 275 cm³/mol. The molecule has 2 heteroatoms. The van der Waals surface area contributed by atoms with E-state index in [4.69, 9.17) is 0 Å². The molecule has 66 heavy (non-hydrogen) atoms. The van der Waals surface area contributed by atoms with Crippen LogP contribution >= 0.6 is 0 Å². The smallest absolute Gasteiger partial charge is 0.0720 e. The van der Waals surface area contributed by atoms with Crippen LogP contribution in [0, 0.1) is 0 Å². The summed E-state index contributed by atoms with van der Waals surface area (Å²) < 4.78 is 4.91. The summed E-state index contributed by atoms with van der Waals surface area (Å²) in [6.07, 6.45) is 0. The molecule has 14 rings (SSSR count). The number of fused-ring (bicyclic) bond motifs is 15. The van der Waals surface area contributed by atoms with Crippen molar-refractivity contribution in [3.8, 4) is 44.8 Å². The molecule has 0 amide bonds. The van der Waals surface area contributed by atoms with Gasteiger partial charge in [-0.2, -0.15) is 0 Å². The van der Waals surface area contributed by atoms with Crippen molar-refractivity contribution in [3.05, 3.63) is 264 Å². The van der Waals surface area contributed by atoms with Crippen molar-refractivity contribution in [2.45, 2.75) is 24.7 Å². The minimum atomic E-state index is -0.554. The summed E-state index contributed by atoms with van der Waals surface area (Å²) >= 11 is 0. The molecule has 0 fully saturated rings. The van der Waals surface area contributed by atoms with Gasteiger partial charge in [0.2, 0.25) is 0 Å². The molecule has 0 saturated heterocycles. The van der Waals surface area contributed by atoms with Crippen molar-refractivity contribution in [1.29, 1.82) is 0 Å². The van der Waals surface area contributed by atoms with Crippen LogP contribution in [0.4, 0.5) is 0 Å². The largest absolute Gasteiger partial charge is 0.309 e. The fourth-order valence-corrected chi connectivity index (χ4v) is 12.3. The molecule has 2 aliphatic carbocycles. The van der Waals surface area contributed by atoms with Crippen molar-refractivity contribution in [1.82, 2.24) is 9.13 Å². The highest BCUT2D eigenvalue weighted by atomic mass is 15.0. The Morgan fingerprint density at radius 3 is 1.50 bits per heavy atom. The molecule has 0 N–H and O–H groups in total. The van der Waals surface area contributed by atoms with Gasteiger partial charge in [-0.05, 0) is 127 Å². The van der Waals surface area contributed by atoms with Crippen LogP contribution in [0.25, 0.3) is 88.4 Å². The predicted octanol–water partition coefficient (Wildman–Crippen LogP) is 16.2. The van der Waals surface area contributed by atoms with Crippen LogP contribution in [0.1, 0.15) is 47.2 Å². The second-order valence-electron chi connectivity index (χ2n) is 18.8. The van der Waals surface area contributed by atoms with Gasteiger partial charge in [0.25, 0.3) is 0 Å². The topological polar surface area (TPSA) is 9.86 Å². The van der Waals surface area contributed by atoms with Gasteiger partial charge in [0, 0.05) is 38.3 Å². The molecule has 0 radical (unpaired) electrons. The maximum Gasteiger partial charge on any atom is 0.0720 e. The third kappa shape index (κ3) is 4.96. The quantitative estimate of drug-likeness (QED) is 0.167. The molecule has 1 unspecified atom stereocenters. The van der Waals surface area contributed by atoms with Crippen LogP contribution in [0.5, 0.6) is 0 Å². The van der Waals surface area contributed by atoms with Gasteiger partial charge in [0.1, 0.15) is 0 Å². The molecule has 310 valence electrons. The van der Waals surface area contributed by atoms with E-state index < -0.39 is 5.41 Å². The monoisotopic (exact) mass is 840 g/mol. The van der Waals surface area contributed by atoms with Crippen LogP contribution in [-0.2, 0) is 10.8 Å². The van der Waals surface area contributed by atoms with Gasteiger partial charge < -0.3 is 9.13 Å². The van der Waals surface area contributed by atoms with Crippen LogP contribution in [0.3, 0.4) is 0 Å². The van der Waals surface area contributed by atoms with Gasteiger partial charge in [-0.15, -0.1) is 0 Å². The van der Waals surface area contributed by atoms with Gasteiger partial charge in [-0.3, -0.25) is 0 Å². The first-order valence-corrected chi connectivity index (χ1v) is 23.2. The summed E-state index contributed by atoms with van der Waals surface area (Å²) in [4.78, 5) is 0. The number of aromatic nitrogens is 2. The van der Waals surface area contributed by atoms with E-state index in [9.17, 15) is 0 Å². The number of nitrogens with zero attached hydrogens (tertiary/aromatic N) is 2. The van der Waals surface area contributed by atoms with Crippen molar-refractivity contribution in [3.63, 3.8) is 0 Å². The molecule has 2 heterocycles. The van der Waals surface area contributed by atoms with Crippen LogP contribution in [-0.4, -0.2) is 9.13 Å². The molecule has 2 nitrogen and oxygen atoms in total. The van der Waals surface area contributed by atoms with Crippen molar-refractivity contribution >= 4 is 43.6 Å². The first-order chi connectivity index (χ1) is 32.5. The third-order valence-corrected chi connectivity index (χ3v) is 15.2. The van der Waals surface area contributed by atoms with E-state index in [0.29, 0.717) is 0 Å². The minimum absolute atomic E-state index is 0.230. The fraction of sp³-hybridized carbons (Fsp3) is 0.0625. The summed E-state index contributed by atoms with van der Waals surface area (Å²) in [5, 5.41) is 5.04. The van der Waals surface area contributed by atoms with Gasteiger partial charge >= 0.3 is 0 Å². The Kier molecular flexibility index (Phi) is 7.70. The van der Waals surface area contributed by atoms with E-state index in [1.165, 1.54) is 116 Å². The Morgan fingerprint density at radius 1 is 0.273 bits per heavy atom. The molecule has 10 aromatic carbocycles. The summed E-state index contributed by atoms with van der Waals surface area (Å²) in [6.45, 7) is 4.83. The Bertz CT molecular complexity index is 3920. The van der Waals surface area contributed by atoms with Crippen molar-refractivity contribution < 1.29 is 0 Å². The number of hydrogen-bond acceptors (Lipinski definition) is 0. The van der Waals surface area contributed by atoms with E-state index in [1.54, 1.807) is 0 Å². The molecule has 1 atom stereocenters. The Morgan fingerprint density at radius 2 is 0.773 bits per heavy atom. The van der Waals surface area contributed by atoms with Gasteiger partial charge in [-0.1, -0.05) is 184 Å². The first-order valence-electron chi connectivity index (χ1n) is 23.2. The molecule has 2 aliphatic rings. The maximum absolute atomic E-state index is 2.54. The Hall–Kier alpha value is -8.20. The van der Waals surface area contributed by atoms with Crippen molar-refractivity contribution in [2.24, 2.45) is 0 Å². The zero-order chi connectivity index (χ0) is 43.7. The number of rotatable bonds is 4. The number of benzene rings is 10. The lowest BCUT2D eigenvalue weighted by Crippen LogP contribution is -2.40. The molecule has 0 bridgehead atoms.